The number of hydrogen-bond donors (Lipinski definition) is 0. The Balaban J connectivity index is 1.39. The highest BCUT2D eigenvalue weighted by Gasteiger charge is 2.34. The number of nitrogens with zero attached hydrogens (tertiary/aromatic N) is 4. The van der Waals surface area contributed by atoms with Gasteiger partial charge in [0.1, 0.15) is 0 Å². The smallest absolute Gasteiger partial charge is 0.227 e. The molecule has 0 N–H and O–H groups in total. The molecule has 29 heavy (non-hydrogen) atoms. The molecule has 2 aromatic rings. The third kappa shape index (κ3) is 4.23. The van der Waals surface area contributed by atoms with Gasteiger partial charge in [-0.3, -0.25) is 9.69 Å². The molecular weight excluding hydrogens is 388 g/mol. The Morgan fingerprint density at radius 2 is 1.79 bits per heavy atom. The predicted molar refractivity (Wildman–Crippen MR) is 112 cm³/mol. The van der Waals surface area contributed by atoms with E-state index in [1.54, 1.807) is 0 Å². The molecule has 2 fully saturated rings. The van der Waals surface area contributed by atoms with Crippen LogP contribution in [0, 0.1) is 13.8 Å². The van der Waals surface area contributed by atoms with Crippen molar-refractivity contribution in [3.63, 3.8) is 0 Å². The number of aromatic nitrogens is 2. The molecule has 8 heteroatoms. The van der Waals surface area contributed by atoms with Crippen LogP contribution in [-0.4, -0.2) is 77.6 Å². The van der Waals surface area contributed by atoms with E-state index in [9.17, 15) is 13.2 Å². The summed E-state index contributed by atoms with van der Waals surface area (Å²) in [7, 11) is -2.88. The van der Waals surface area contributed by atoms with E-state index in [1.165, 1.54) is 0 Å². The number of carbonyl (C=O) groups excluding carboxylic acids is 1. The van der Waals surface area contributed by atoms with Gasteiger partial charge in [0.25, 0.3) is 0 Å². The van der Waals surface area contributed by atoms with E-state index < -0.39 is 9.84 Å². The second-order valence-electron chi connectivity index (χ2n) is 8.05. The minimum atomic E-state index is -2.88. The molecule has 156 valence electrons. The Bertz CT molecular complexity index is 992. The highest BCUT2D eigenvalue weighted by atomic mass is 32.2. The standard InChI is InChI=1S/C21H28N4O3S/c1-16-20(17(2)25(22-16)18-6-4-3-5-7-18)14-21(26)24-11-9-23(10-12-24)19-8-13-29(27,28)15-19/h3-7,19H,8-15H2,1-2H3/t19-/m1/s1. The largest absolute Gasteiger partial charge is 0.340 e. The van der Waals surface area contributed by atoms with E-state index in [0.717, 1.165) is 35.7 Å². The van der Waals surface area contributed by atoms with Gasteiger partial charge in [0.2, 0.25) is 5.91 Å². The number of piperazine rings is 1. The first-order valence-corrected chi connectivity index (χ1v) is 12.0. The van der Waals surface area contributed by atoms with Crippen LogP contribution in [0.1, 0.15) is 23.4 Å². The maximum Gasteiger partial charge on any atom is 0.227 e. The second kappa shape index (κ2) is 7.91. The number of rotatable bonds is 4. The van der Waals surface area contributed by atoms with Crippen molar-refractivity contribution in [1.29, 1.82) is 0 Å². The Morgan fingerprint density at radius 1 is 1.10 bits per heavy atom. The van der Waals surface area contributed by atoms with Crippen molar-refractivity contribution in [2.24, 2.45) is 0 Å². The van der Waals surface area contributed by atoms with Crippen molar-refractivity contribution in [3.05, 3.63) is 47.3 Å². The van der Waals surface area contributed by atoms with Gasteiger partial charge in [-0.25, -0.2) is 13.1 Å². The maximum absolute atomic E-state index is 12.9. The van der Waals surface area contributed by atoms with Crippen molar-refractivity contribution < 1.29 is 13.2 Å². The fourth-order valence-electron chi connectivity index (χ4n) is 4.41. The summed E-state index contributed by atoms with van der Waals surface area (Å²) in [5, 5.41) is 4.64. The first-order chi connectivity index (χ1) is 13.8. The molecule has 2 saturated heterocycles. The van der Waals surface area contributed by atoms with Crippen LogP contribution in [0.5, 0.6) is 0 Å². The molecule has 0 spiro atoms. The molecule has 3 heterocycles. The quantitative estimate of drug-likeness (QED) is 0.752. The summed E-state index contributed by atoms with van der Waals surface area (Å²) in [4.78, 5) is 17.1. The van der Waals surface area contributed by atoms with Crippen molar-refractivity contribution in [2.75, 3.05) is 37.7 Å². The Morgan fingerprint density at radius 3 is 2.41 bits per heavy atom. The number of para-hydroxylation sites is 1. The number of aryl methyl sites for hydroxylation is 1. The summed E-state index contributed by atoms with van der Waals surface area (Å²) in [5.41, 5.74) is 3.86. The predicted octanol–water partition coefficient (Wildman–Crippen LogP) is 1.36. The Kier molecular flexibility index (Phi) is 5.48. The monoisotopic (exact) mass is 416 g/mol. The molecule has 1 aromatic heterocycles. The number of hydrogen-bond acceptors (Lipinski definition) is 5. The van der Waals surface area contributed by atoms with Crippen molar-refractivity contribution in [3.8, 4) is 5.69 Å². The molecule has 7 nitrogen and oxygen atoms in total. The Labute approximate surface area is 172 Å². The van der Waals surface area contributed by atoms with E-state index >= 15 is 0 Å². The molecule has 0 radical (unpaired) electrons. The Hall–Kier alpha value is -2.19. The van der Waals surface area contributed by atoms with Crippen LogP contribution >= 0.6 is 0 Å². The third-order valence-electron chi connectivity index (χ3n) is 6.16. The highest BCUT2D eigenvalue weighted by molar-refractivity contribution is 7.91. The molecule has 0 bridgehead atoms. The number of benzene rings is 1. The van der Waals surface area contributed by atoms with E-state index in [1.807, 2.05) is 53.8 Å². The van der Waals surface area contributed by atoms with Gasteiger partial charge < -0.3 is 4.90 Å². The van der Waals surface area contributed by atoms with E-state index in [2.05, 4.69) is 10.00 Å². The fraction of sp³-hybridized carbons (Fsp3) is 0.524. The van der Waals surface area contributed by atoms with Crippen molar-refractivity contribution >= 4 is 15.7 Å². The summed E-state index contributed by atoms with van der Waals surface area (Å²) in [6.45, 7) is 6.75. The van der Waals surface area contributed by atoms with E-state index in [4.69, 9.17) is 0 Å². The molecule has 1 aromatic carbocycles. The van der Waals surface area contributed by atoms with Gasteiger partial charge in [0.05, 0.1) is 29.3 Å². The molecular formula is C21H28N4O3S. The molecule has 2 aliphatic rings. The number of amides is 1. The van der Waals surface area contributed by atoms with E-state index in [-0.39, 0.29) is 17.7 Å². The molecule has 0 aliphatic carbocycles. The first kappa shape index (κ1) is 20.1. The van der Waals surface area contributed by atoms with Crippen LogP contribution in [0.2, 0.25) is 0 Å². The fourth-order valence-corrected chi connectivity index (χ4v) is 6.18. The summed E-state index contributed by atoms with van der Waals surface area (Å²) >= 11 is 0. The zero-order valence-corrected chi connectivity index (χ0v) is 17.9. The van der Waals surface area contributed by atoms with E-state index in [0.29, 0.717) is 31.7 Å². The van der Waals surface area contributed by atoms with Gasteiger partial charge in [-0.05, 0) is 32.4 Å². The molecule has 4 rings (SSSR count). The maximum atomic E-state index is 12.9. The number of sulfone groups is 1. The molecule has 0 saturated carbocycles. The van der Waals surface area contributed by atoms with Gasteiger partial charge in [0.15, 0.2) is 9.84 Å². The molecule has 2 aliphatic heterocycles. The van der Waals surface area contributed by atoms with Crippen LogP contribution < -0.4 is 0 Å². The summed E-state index contributed by atoms with van der Waals surface area (Å²) in [6, 6.07) is 10.1. The summed E-state index contributed by atoms with van der Waals surface area (Å²) in [5.74, 6) is 0.668. The van der Waals surface area contributed by atoms with Crippen molar-refractivity contribution in [1.82, 2.24) is 19.6 Å². The van der Waals surface area contributed by atoms with Gasteiger partial charge in [0, 0.05) is 43.5 Å². The zero-order valence-electron chi connectivity index (χ0n) is 17.0. The molecule has 1 atom stereocenters. The molecule has 1 amide bonds. The lowest BCUT2D eigenvalue weighted by Crippen LogP contribution is -2.52. The third-order valence-corrected chi connectivity index (χ3v) is 7.91. The lowest BCUT2D eigenvalue weighted by atomic mass is 10.1. The normalized spacial score (nSPS) is 22.1. The lowest BCUT2D eigenvalue weighted by Gasteiger charge is -2.37. The topological polar surface area (TPSA) is 75.5 Å². The van der Waals surface area contributed by atoms with Crippen molar-refractivity contribution in [2.45, 2.75) is 32.7 Å². The van der Waals surface area contributed by atoms with Gasteiger partial charge in [-0.1, -0.05) is 18.2 Å². The average molecular weight is 417 g/mol. The summed E-state index contributed by atoms with van der Waals surface area (Å²) < 4.78 is 25.4. The van der Waals surface area contributed by atoms with Crippen LogP contribution in [0.25, 0.3) is 5.69 Å². The van der Waals surface area contributed by atoms with Crippen LogP contribution in [0.3, 0.4) is 0 Å². The minimum Gasteiger partial charge on any atom is -0.340 e. The zero-order chi connectivity index (χ0) is 20.6. The van der Waals surface area contributed by atoms with Gasteiger partial charge in [-0.15, -0.1) is 0 Å². The van der Waals surface area contributed by atoms with Gasteiger partial charge in [-0.2, -0.15) is 5.10 Å². The molecule has 0 unspecified atom stereocenters. The SMILES string of the molecule is Cc1nn(-c2ccccc2)c(C)c1CC(=O)N1CCN([C@@H]2CCS(=O)(=O)C2)CC1. The highest BCUT2D eigenvalue weighted by Crippen LogP contribution is 2.21. The summed E-state index contributed by atoms with van der Waals surface area (Å²) in [6.07, 6.45) is 1.07. The van der Waals surface area contributed by atoms with Crippen LogP contribution in [0.15, 0.2) is 30.3 Å². The van der Waals surface area contributed by atoms with Crippen LogP contribution in [0.4, 0.5) is 0 Å². The van der Waals surface area contributed by atoms with Gasteiger partial charge >= 0.3 is 0 Å². The van der Waals surface area contributed by atoms with Crippen LogP contribution in [-0.2, 0) is 21.1 Å². The first-order valence-electron chi connectivity index (χ1n) is 10.2. The second-order valence-corrected chi connectivity index (χ2v) is 10.3. The number of carbonyl (C=O) groups is 1. The minimum absolute atomic E-state index is 0.113. The average Bonchev–Trinajstić information content (AvgIpc) is 3.22. The lowest BCUT2D eigenvalue weighted by molar-refractivity contribution is -0.132.